The van der Waals surface area contributed by atoms with E-state index in [2.05, 4.69) is 30.6 Å². The van der Waals surface area contributed by atoms with Crippen molar-refractivity contribution in [3.8, 4) is 11.5 Å². The first-order valence-corrected chi connectivity index (χ1v) is 16.5. The van der Waals surface area contributed by atoms with Gasteiger partial charge in [0.05, 0.1) is 36.7 Å². The summed E-state index contributed by atoms with van der Waals surface area (Å²) in [6.45, 7) is 0.573. The molecule has 0 aliphatic carbocycles. The molecule has 1 heterocycles. The lowest BCUT2D eigenvalue weighted by molar-refractivity contribution is -0.115. The summed E-state index contributed by atoms with van der Waals surface area (Å²) in [5, 5.41) is 9.03. The number of hydrogen-bond acceptors (Lipinski definition) is 10. The fourth-order valence-corrected chi connectivity index (χ4v) is 6.14. The minimum atomic E-state index is -4.15. The van der Waals surface area contributed by atoms with Gasteiger partial charge in [-0.25, -0.2) is 18.4 Å². The second-order valence-corrected chi connectivity index (χ2v) is 12.3. The number of fused-ring (bicyclic) bond motifs is 1. The van der Waals surface area contributed by atoms with Crippen LogP contribution in [0.2, 0.25) is 0 Å². The number of rotatable bonds is 13. The highest BCUT2D eigenvalue weighted by molar-refractivity contribution is 7.98. The third kappa shape index (κ3) is 8.01. The van der Waals surface area contributed by atoms with Gasteiger partial charge < -0.3 is 25.4 Å². The second kappa shape index (κ2) is 14.3. The van der Waals surface area contributed by atoms with Crippen molar-refractivity contribution in [1.82, 2.24) is 15.3 Å². The van der Waals surface area contributed by atoms with Crippen molar-refractivity contribution in [3.63, 3.8) is 0 Å². The molecule has 5 rings (SSSR count). The van der Waals surface area contributed by atoms with Crippen LogP contribution in [0.1, 0.15) is 5.56 Å². The molecule has 0 saturated heterocycles. The first-order chi connectivity index (χ1) is 21.8. The van der Waals surface area contributed by atoms with Crippen molar-refractivity contribution in [2.24, 2.45) is 0 Å². The lowest BCUT2D eigenvalue weighted by Crippen LogP contribution is -2.28. The molecule has 4 aromatic carbocycles. The highest BCUT2D eigenvalue weighted by Crippen LogP contribution is 2.31. The lowest BCUT2D eigenvalue weighted by atomic mass is 10.2. The van der Waals surface area contributed by atoms with E-state index in [9.17, 15) is 13.2 Å². The Hall–Kier alpha value is -4.85. The van der Waals surface area contributed by atoms with Gasteiger partial charge in [-0.2, -0.15) is 0 Å². The predicted molar refractivity (Wildman–Crippen MR) is 178 cm³/mol. The summed E-state index contributed by atoms with van der Waals surface area (Å²) in [5.41, 5.74) is 3.03. The van der Waals surface area contributed by atoms with E-state index in [1.165, 1.54) is 26.4 Å². The van der Waals surface area contributed by atoms with Gasteiger partial charge in [0.2, 0.25) is 5.91 Å². The molecule has 0 aliphatic rings. The Bertz CT molecular complexity index is 1920. The Morgan fingerprint density at radius 1 is 0.800 bits per heavy atom. The van der Waals surface area contributed by atoms with Crippen molar-refractivity contribution < 1.29 is 22.7 Å². The number of nitrogens with one attached hydrogen (secondary N) is 4. The Labute approximate surface area is 265 Å². The molecular weight excluding hydrogens is 613 g/mol. The Morgan fingerprint density at radius 3 is 2.16 bits per heavy atom. The van der Waals surface area contributed by atoms with E-state index in [1.54, 1.807) is 60.3 Å². The molecule has 1 amide bonds. The van der Waals surface area contributed by atoms with Gasteiger partial charge in [0, 0.05) is 41.0 Å². The molecule has 45 heavy (non-hydrogen) atoms. The molecule has 0 spiro atoms. The SMILES string of the molecule is COc1cc(Nc2nc3ccccc3nc2NS(=O)(=O)c2cccc(NC(=O)CNCc3ccccc3SC)c2)cc(OC)c1. The van der Waals surface area contributed by atoms with Crippen LogP contribution in [0.15, 0.2) is 101 Å². The average Bonchev–Trinajstić information content (AvgIpc) is 3.05. The molecule has 11 nitrogen and oxygen atoms in total. The average molecular weight is 645 g/mol. The number of thioether (sulfide) groups is 1. The van der Waals surface area contributed by atoms with Crippen LogP contribution < -0.4 is 30.1 Å². The zero-order chi connectivity index (χ0) is 31.8. The molecule has 0 atom stereocenters. The van der Waals surface area contributed by atoms with Crippen LogP contribution in [0.5, 0.6) is 11.5 Å². The van der Waals surface area contributed by atoms with Gasteiger partial charge in [-0.15, -0.1) is 11.8 Å². The standard InChI is InChI=1S/C32H32N6O5S2/c1-42-24-15-23(16-25(18-24)43-2)35-31-32(37-28-13-6-5-12-27(28)36-31)38-45(40,41)26-11-8-10-22(17-26)34-30(39)20-33-19-21-9-4-7-14-29(21)44-3/h4-18,33H,19-20H2,1-3H3,(H,34,39)(H,35,36)(H,37,38). The van der Waals surface area contributed by atoms with Crippen molar-refractivity contribution in [2.45, 2.75) is 16.3 Å². The number of aromatic nitrogens is 2. The van der Waals surface area contributed by atoms with Crippen LogP contribution >= 0.6 is 11.8 Å². The van der Waals surface area contributed by atoms with E-state index < -0.39 is 10.0 Å². The molecule has 0 bridgehead atoms. The third-order valence-corrected chi connectivity index (χ3v) is 8.81. The zero-order valence-electron chi connectivity index (χ0n) is 24.8. The minimum absolute atomic E-state index is 0.0142. The highest BCUT2D eigenvalue weighted by atomic mass is 32.2. The number of benzene rings is 4. The van der Waals surface area contributed by atoms with Gasteiger partial charge >= 0.3 is 0 Å². The number of carbonyl (C=O) groups excluding carboxylic acids is 1. The number of ether oxygens (including phenoxy) is 2. The zero-order valence-corrected chi connectivity index (χ0v) is 26.5. The van der Waals surface area contributed by atoms with Gasteiger partial charge in [-0.3, -0.25) is 9.52 Å². The van der Waals surface area contributed by atoms with Gasteiger partial charge in [0.15, 0.2) is 11.6 Å². The Kier molecular flexibility index (Phi) is 10.0. The quantitative estimate of drug-likeness (QED) is 0.119. The van der Waals surface area contributed by atoms with Crippen LogP contribution in [0.4, 0.5) is 23.0 Å². The maximum atomic E-state index is 13.6. The molecule has 13 heteroatoms. The van der Waals surface area contributed by atoms with Crippen LogP contribution in [0, 0.1) is 0 Å². The van der Waals surface area contributed by atoms with Crippen LogP contribution in [-0.2, 0) is 21.4 Å². The minimum Gasteiger partial charge on any atom is -0.497 e. The van der Waals surface area contributed by atoms with E-state index in [1.807, 2.05) is 36.6 Å². The smallest absolute Gasteiger partial charge is 0.263 e. The molecule has 4 N–H and O–H groups in total. The topological polar surface area (TPSA) is 144 Å². The summed E-state index contributed by atoms with van der Waals surface area (Å²) in [6.07, 6.45) is 2.00. The van der Waals surface area contributed by atoms with Crippen molar-refractivity contribution in [2.75, 3.05) is 42.4 Å². The summed E-state index contributed by atoms with van der Waals surface area (Å²) in [5.74, 6) is 0.920. The van der Waals surface area contributed by atoms with Crippen molar-refractivity contribution in [1.29, 1.82) is 0 Å². The summed E-state index contributed by atoms with van der Waals surface area (Å²) < 4.78 is 40.5. The molecule has 0 aliphatic heterocycles. The number of carbonyl (C=O) groups is 1. The molecule has 0 fully saturated rings. The van der Waals surface area contributed by atoms with Gasteiger partial charge in [-0.05, 0) is 48.2 Å². The second-order valence-electron chi connectivity index (χ2n) is 9.73. The Balaban J connectivity index is 1.34. The number of hydrogen-bond donors (Lipinski definition) is 4. The van der Waals surface area contributed by atoms with Gasteiger partial charge in [-0.1, -0.05) is 36.4 Å². The summed E-state index contributed by atoms with van der Waals surface area (Å²) in [4.78, 5) is 22.9. The molecular formula is C32H32N6O5S2. The molecule has 1 aromatic heterocycles. The predicted octanol–water partition coefficient (Wildman–Crippen LogP) is 5.64. The lowest BCUT2D eigenvalue weighted by Gasteiger charge is -2.15. The molecule has 232 valence electrons. The highest BCUT2D eigenvalue weighted by Gasteiger charge is 2.20. The summed E-state index contributed by atoms with van der Waals surface area (Å²) >= 11 is 1.64. The van der Waals surface area contributed by atoms with E-state index in [0.29, 0.717) is 40.5 Å². The van der Waals surface area contributed by atoms with E-state index >= 15 is 0 Å². The normalized spacial score (nSPS) is 11.2. The van der Waals surface area contributed by atoms with E-state index in [4.69, 9.17) is 9.47 Å². The number of anilines is 4. The third-order valence-electron chi connectivity index (χ3n) is 6.64. The Morgan fingerprint density at radius 2 is 1.47 bits per heavy atom. The van der Waals surface area contributed by atoms with Gasteiger partial charge in [0.1, 0.15) is 11.5 Å². The first kappa shape index (κ1) is 31.6. The number of methoxy groups -OCH3 is 2. The van der Waals surface area contributed by atoms with Gasteiger partial charge in [0.25, 0.3) is 10.0 Å². The first-order valence-electron chi connectivity index (χ1n) is 13.8. The molecule has 0 radical (unpaired) electrons. The van der Waals surface area contributed by atoms with Crippen molar-refractivity contribution in [3.05, 3.63) is 96.6 Å². The molecule has 0 unspecified atom stereocenters. The fraction of sp³-hybridized carbons (Fsp3) is 0.156. The summed E-state index contributed by atoms with van der Waals surface area (Å²) in [7, 11) is -1.08. The maximum Gasteiger partial charge on any atom is 0.263 e. The monoisotopic (exact) mass is 644 g/mol. The number of amides is 1. The van der Waals surface area contributed by atoms with Crippen LogP contribution in [-0.4, -0.2) is 51.3 Å². The van der Waals surface area contributed by atoms with E-state index in [-0.39, 0.29) is 29.0 Å². The molecule has 0 saturated carbocycles. The van der Waals surface area contributed by atoms with E-state index in [0.717, 1.165) is 10.5 Å². The van der Waals surface area contributed by atoms with Crippen molar-refractivity contribution >= 4 is 61.7 Å². The van der Waals surface area contributed by atoms with Crippen LogP contribution in [0.25, 0.3) is 11.0 Å². The molecule has 5 aromatic rings. The number of sulfonamides is 1. The number of para-hydroxylation sites is 2. The maximum absolute atomic E-state index is 13.6. The summed E-state index contributed by atoms with van der Waals surface area (Å²) in [6, 6.07) is 26.2. The van der Waals surface area contributed by atoms with Crippen LogP contribution in [0.3, 0.4) is 0 Å². The number of nitrogens with zero attached hydrogens (tertiary/aromatic N) is 2. The largest absolute Gasteiger partial charge is 0.497 e. The fourth-order valence-electron chi connectivity index (χ4n) is 4.47.